The number of hydrogen-bond acceptors (Lipinski definition) is 2. The summed E-state index contributed by atoms with van der Waals surface area (Å²) in [7, 11) is 0. The maximum absolute atomic E-state index is 13.4. The number of hydrogen-bond donors (Lipinski definition) is 1. The molecule has 0 aromatic heterocycles. The summed E-state index contributed by atoms with van der Waals surface area (Å²) in [6.07, 6.45) is -0.0955. The summed E-state index contributed by atoms with van der Waals surface area (Å²) in [6, 6.07) is 3.22. The van der Waals surface area contributed by atoms with Gasteiger partial charge in [-0.1, -0.05) is 11.6 Å². The second-order valence-corrected chi connectivity index (χ2v) is 4.59. The molecule has 15 heavy (non-hydrogen) atoms. The Hall–Kier alpha value is -0.160. The molecular formula is C10H10BrClFNO. The van der Waals surface area contributed by atoms with Gasteiger partial charge in [-0.3, -0.25) is 0 Å². The number of rotatable bonds is 1. The Morgan fingerprint density at radius 1 is 1.53 bits per heavy atom. The van der Waals surface area contributed by atoms with Crippen molar-refractivity contribution in [2.75, 3.05) is 19.7 Å². The van der Waals surface area contributed by atoms with Crippen LogP contribution in [0.4, 0.5) is 4.39 Å². The van der Waals surface area contributed by atoms with Crippen molar-refractivity contribution in [3.8, 4) is 0 Å². The molecule has 1 unspecified atom stereocenters. The van der Waals surface area contributed by atoms with E-state index >= 15 is 0 Å². The minimum absolute atomic E-state index is 0.0955. The topological polar surface area (TPSA) is 21.3 Å². The lowest BCUT2D eigenvalue weighted by molar-refractivity contribution is 0.0275. The Morgan fingerprint density at radius 3 is 2.93 bits per heavy atom. The third-order valence-corrected chi connectivity index (χ3v) is 3.54. The average molecular weight is 295 g/mol. The summed E-state index contributed by atoms with van der Waals surface area (Å²) in [6.45, 7) is 2.19. The van der Waals surface area contributed by atoms with Gasteiger partial charge < -0.3 is 10.1 Å². The molecule has 1 aliphatic heterocycles. The van der Waals surface area contributed by atoms with Gasteiger partial charge in [0.25, 0.3) is 0 Å². The van der Waals surface area contributed by atoms with E-state index in [9.17, 15) is 4.39 Å². The van der Waals surface area contributed by atoms with Crippen LogP contribution in [0.3, 0.4) is 0 Å². The lowest BCUT2D eigenvalue weighted by atomic mass is 10.1. The normalized spacial score (nSPS) is 21.7. The van der Waals surface area contributed by atoms with E-state index < -0.39 is 5.82 Å². The zero-order chi connectivity index (χ0) is 10.8. The van der Waals surface area contributed by atoms with Crippen LogP contribution in [0.15, 0.2) is 16.6 Å². The highest BCUT2D eigenvalue weighted by Gasteiger charge is 2.18. The molecule has 1 heterocycles. The Bertz CT molecular complexity index is 345. The van der Waals surface area contributed by atoms with Crippen LogP contribution < -0.4 is 5.32 Å². The summed E-state index contributed by atoms with van der Waals surface area (Å²) >= 11 is 8.93. The highest BCUT2D eigenvalue weighted by atomic mass is 79.9. The van der Waals surface area contributed by atoms with E-state index in [0.29, 0.717) is 17.6 Å². The van der Waals surface area contributed by atoms with Crippen molar-refractivity contribution in [2.24, 2.45) is 0 Å². The van der Waals surface area contributed by atoms with E-state index in [1.807, 2.05) is 0 Å². The van der Waals surface area contributed by atoms with E-state index in [1.54, 1.807) is 6.07 Å². The number of ether oxygens (including phenoxy) is 1. The van der Waals surface area contributed by atoms with Crippen LogP contribution in [0, 0.1) is 5.82 Å². The van der Waals surface area contributed by atoms with Gasteiger partial charge in [-0.15, -0.1) is 0 Å². The molecule has 1 aromatic rings. The SMILES string of the molecule is Fc1cc(C2CNCCO2)cc(Br)c1Cl. The molecule has 2 rings (SSSR count). The molecule has 0 aliphatic carbocycles. The first-order chi connectivity index (χ1) is 7.18. The fourth-order valence-electron chi connectivity index (χ4n) is 1.54. The number of morpholine rings is 1. The molecule has 0 spiro atoms. The monoisotopic (exact) mass is 293 g/mol. The smallest absolute Gasteiger partial charge is 0.143 e. The van der Waals surface area contributed by atoms with Gasteiger partial charge in [0.2, 0.25) is 0 Å². The van der Waals surface area contributed by atoms with Gasteiger partial charge in [0.15, 0.2) is 0 Å². The molecular weight excluding hydrogens is 284 g/mol. The van der Waals surface area contributed by atoms with E-state index in [4.69, 9.17) is 16.3 Å². The lowest BCUT2D eigenvalue weighted by Gasteiger charge is -2.24. The predicted molar refractivity (Wildman–Crippen MR) is 60.7 cm³/mol. The van der Waals surface area contributed by atoms with E-state index in [0.717, 1.165) is 12.1 Å². The summed E-state index contributed by atoms with van der Waals surface area (Å²) in [5.41, 5.74) is 0.802. The van der Waals surface area contributed by atoms with Crippen LogP contribution in [0.2, 0.25) is 5.02 Å². The molecule has 5 heteroatoms. The molecule has 1 aromatic carbocycles. The molecule has 1 N–H and O–H groups in total. The van der Waals surface area contributed by atoms with Crippen LogP contribution >= 0.6 is 27.5 Å². The minimum Gasteiger partial charge on any atom is -0.371 e. The quantitative estimate of drug-likeness (QED) is 0.804. The maximum atomic E-state index is 13.4. The van der Waals surface area contributed by atoms with Gasteiger partial charge in [-0.25, -0.2) is 4.39 Å². The first-order valence-corrected chi connectivity index (χ1v) is 5.82. The van der Waals surface area contributed by atoms with Gasteiger partial charge in [0, 0.05) is 17.6 Å². The van der Waals surface area contributed by atoms with E-state index in [2.05, 4.69) is 21.2 Å². The fourth-order valence-corrected chi connectivity index (χ4v) is 2.10. The van der Waals surface area contributed by atoms with Crippen molar-refractivity contribution in [3.05, 3.63) is 33.0 Å². The third kappa shape index (κ3) is 2.50. The highest BCUT2D eigenvalue weighted by molar-refractivity contribution is 9.10. The lowest BCUT2D eigenvalue weighted by Crippen LogP contribution is -2.33. The van der Waals surface area contributed by atoms with Gasteiger partial charge in [-0.05, 0) is 33.6 Å². The summed E-state index contributed by atoms with van der Waals surface area (Å²) in [4.78, 5) is 0. The Morgan fingerprint density at radius 2 is 2.33 bits per heavy atom. The van der Waals surface area contributed by atoms with E-state index in [1.165, 1.54) is 6.07 Å². The first-order valence-electron chi connectivity index (χ1n) is 4.65. The number of nitrogens with one attached hydrogen (secondary N) is 1. The largest absolute Gasteiger partial charge is 0.371 e. The molecule has 82 valence electrons. The molecule has 1 atom stereocenters. The second kappa shape index (κ2) is 4.78. The molecule has 0 amide bonds. The zero-order valence-corrected chi connectivity index (χ0v) is 10.2. The van der Waals surface area contributed by atoms with Gasteiger partial charge in [0.1, 0.15) is 5.82 Å². The molecule has 2 nitrogen and oxygen atoms in total. The molecule has 1 fully saturated rings. The van der Waals surface area contributed by atoms with Gasteiger partial charge >= 0.3 is 0 Å². The maximum Gasteiger partial charge on any atom is 0.143 e. The number of halogens is 3. The van der Waals surface area contributed by atoms with Crippen LogP contribution in [0.25, 0.3) is 0 Å². The van der Waals surface area contributed by atoms with Crippen molar-refractivity contribution in [3.63, 3.8) is 0 Å². The number of benzene rings is 1. The van der Waals surface area contributed by atoms with Crippen molar-refractivity contribution in [1.29, 1.82) is 0 Å². The van der Waals surface area contributed by atoms with Gasteiger partial charge in [0.05, 0.1) is 17.7 Å². The van der Waals surface area contributed by atoms with Crippen LogP contribution in [-0.4, -0.2) is 19.7 Å². The average Bonchev–Trinajstić information content (AvgIpc) is 2.26. The zero-order valence-electron chi connectivity index (χ0n) is 7.90. The summed E-state index contributed by atoms with van der Waals surface area (Å²) in [5, 5.41) is 3.30. The summed E-state index contributed by atoms with van der Waals surface area (Å²) in [5.74, 6) is -0.421. The van der Waals surface area contributed by atoms with Crippen LogP contribution in [-0.2, 0) is 4.74 Å². The standard InChI is InChI=1S/C10H10BrClFNO/c11-7-3-6(4-8(13)10(7)12)9-5-14-1-2-15-9/h3-4,9,14H,1-2,5H2. The van der Waals surface area contributed by atoms with Gasteiger partial charge in [-0.2, -0.15) is 0 Å². The molecule has 0 bridgehead atoms. The third-order valence-electron chi connectivity index (χ3n) is 2.31. The second-order valence-electron chi connectivity index (χ2n) is 3.36. The molecule has 0 radical (unpaired) electrons. The molecule has 1 aliphatic rings. The molecule has 0 saturated carbocycles. The summed E-state index contributed by atoms with van der Waals surface area (Å²) < 4.78 is 19.4. The van der Waals surface area contributed by atoms with Crippen molar-refractivity contribution in [2.45, 2.75) is 6.10 Å². The van der Waals surface area contributed by atoms with Crippen molar-refractivity contribution < 1.29 is 9.13 Å². The van der Waals surface area contributed by atoms with Crippen molar-refractivity contribution >= 4 is 27.5 Å². The Kier molecular flexibility index (Phi) is 3.61. The fraction of sp³-hybridized carbons (Fsp3) is 0.400. The Labute approximate surface area is 101 Å². The van der Waals surface area contributed by atoms with Crippen molar-refractivity contribution in [1.82, 2.24) is 5.32 Å². The predicted octanol–water partition coefficient (Wildman–Crippen LogP) is 2.90. The molecule has 1 saturated heterocycles. The first kappa shape index (κ1) is 11.3. The van der Waals surface area contributed by atoms with Crippen LogP contribution in [0.5, 0.6) is 0 Å². The minimum atomic E-state index is -0.421. The van der Waals surface area contributed by atoms with E-state index in [-0.39, 0.29) is 11.1 Å². The van der Waals surface area contributed by atoms with Crippen LogP contribution in [0.1, 0.15) is 11.7 Å². The Balaban J connectivity index is 2.27. The highest BCUT2D eigenvalue weighted by Crippen LogP contribution is 2.30.